The number of halogens is 1. The first kappa shape index (κ1) is 14.1. The highest BCUT2D eigenvalue weighted by molar-refractivity contribution is 5.41. The van der Waals surface area contributed by atoms with Gasteiger partial charge in [-0.15, -0.1) is 0 Å². The third kappa shape index (κ3) is 3.84. The fraction of sp³-hybridized carbons (Fsp3) is 0.176. The van der Waals surface area contributed by atoms with Crippen LogP contribution in [0.4, 0.5) is 4.39 Å². The van der Waals surface area contributed by atoms with E-state index < -0.39 is 0 Å². The zero-order chi connectivity index (χ0) is 14.2. The highest BCUT2D eigenvalue weighted by Gasteiger charge is 2.04. The van der Waals surface area contributed by atoms with Gasteiger partial charge in [0.1, 0.15) is 6.61 Å². The Morgan fingerprint density at radius 1 is 1.05 bits per heavy atom. The van der Waals surface area contributed by atoms with Crippen molar-refractivity contribution in [1.82, 2.24) is 0 Å². The highest BCUT2D eigenvalue weighted by Crippen LogP contribution is 2.18. The van der Waals surface area contributed by atoms with Crippen molar-refractivity contribution in [2.45, 2.75) is 13.0 Å². The molecule has 0 bridgehead atoms. The van der Waals surface area contributed by atoms with Crippen LogP contribution >= 0.6 is 0 Å². The number of aliphatic hydroxyl groups excluding tert-OH is 1. The molecule has 1 N–H and O–H groups in total. The smallest absolute Gasteiger partial charge is 0.165 e. The zero-order valence-corrected chi connectivity index (χ0v) is 11.0. The fourth-order valence-electron chi connectivity index (χ4n) is 1.70. The number of rotatable bonds is 4. The van der Waals surface area contributed by atoms with Crippen LogP contribution in [0.15, 0.2) is 48.5 Å². The van der Waals surface area contributed by atoms with Gasteiger partial charge in [-0.1, -0.05) is 42.2 Å². The van der Waals surface area contributed by atoms with Crippen LogP contribution in [0.1, 0.15) is 17.5 Å². The molecular weight excluding hydrogens is 255 g/mol. The largest absolute Gasteiger partial charge is 0.486 e. The van der Waals surface area contributed by atoms with Gasteiger partial charge >= 0.3 is 0 Å². The lowest BCUT2D eigenvalue weighted by atomic mass is 10.1. The molecule has 0 aliphatic carbocycles. The van der Waals surface area contributed by atoms with Crippen molar-refractivity contribution >= 4 is 0 Å². The molecule has 2 aromatic carbocycles. The maximum Gasteiger partial charge on any atom is 0.165 e. The van der Waals surface area contributed by atoms with Crippen LogP contribution in [-0.2, 0) is 6.61 Å². The normalized spacial score (nSPS) is 9.70. The Kier molecular flexibility index (Phi) is 5.16. The second-order valence-electron chi connectivity index (χ2n) is 4.15. The third-order valence-corrected chi connectivity index (χ3v) is 2.70. The summed E-state index contributed by atoms with van der Waals surface area (Å²) in [6.45, 7) is 0.297. The van der Waals surface area contributed by atoms with E-state index in [0.717, 1.165) is 11.1 Å². The van der Waals surface area contributed by atoms with Crippen molar-refractivity contribution in [2.75, 3.05) is 6.61 Å². The van der Waals surface area contributed by atoms with E-state index in [1.54, 1.807) is 18.2 Å². The summed E-state index contributed by atoms with van der Waals surface area (Å²) in [5.74, 6) is 5.70. The summed E-state index contributed by atoms with van der Waals surface area (Å²) in [5.41, 5.74) is 1.72. The molecule has 0 unspecified atom stereocenters. The maximum absolute atomic E-state index is 13.5. The van der Waals surface area contributed by atoms with Crippen molar-refractivity contribution in [3.63, 3.8) is 0 Å². The van der Waals surface area contributed by atoms with E-state index in [1.165, 1.54) is 6.07 Å². The number of hydrogen-bond acceptors (Lipinski definition) is 2. The summed E-state index contributed by atoms with van der Waals surface area (Å²) in [5, 5.41) is 8.73. The zero-order valence-electron chi connectivity index (χ0n) is 11.0. The molecule has 0 heterocycles. The van der Waals surface area contributed by atoms with Gasteiger partial charge in [-0.2, -0.15) is 0 Å². The summed E-state index contributed by atoms with van der Waals surface area (Å²) in [6, 6.07) is 13.8. The summed E-state index contributed by atoms with van der Waals surface area (Å²) in [4.78, 5) is 0. The lowest BCUT2D eigenvalue weighted by molar-refractivity contribution is 0.290. The van der Waals surface area contributed by atoms with Crippen molar-refractivity contribution in [2.24, 2.45) is 0 Å². The molecule has 0 aliphatic heterocycles. The lowest BCUT2D eigenvalue weighted by Crippen LogP contribution is -1.99. The fourth-order valence-corrected chi connectivity index (χ4v) is 1.70. The van der Waals surface area contributed by atoms with Crippen molar-refractivity contribution in [3.8, 4) is 17.6 Å². The molecule has 0 radical (unpaired) electrons. The van der Waals surface area contributed by atoms with E-state index in [4.69, 9.17) is 9.84 Å². The van der Waals surface area contributed by atoms with Crippen LogP contribution < -0.4 is 4.74 Å². The van der Waals surface area contributed by atoms with Gasteiger partial charge in [-0.3, -0.25) is 0 Å². The van der Waals surface area contributed by atoms with Crippen LogP contribution in [0.2, 0.25) is 0 Å². The third-order valence-electron chi connectivity index (χ3n) is 2.70. The van der Waals surface area contributed by atoms with Gasteiger partial charge < -0.3 is 9.84 Å². The lowest BCUT2D eigenvalue weighted by Gasteiger charge is -2.08. The second kappa shape index (κ2) is 7.32. The molecular formula is C17H15FO2. The first-order valence-electron chi connectivity index (χ1n) is 6.36. The van der Waals surface area contributed by atoms with Crippen molar-refractivity contribution < 1.29 is 14.2 Å². The van der Waals surface area contributed by atoms with Crippen LogP contribution in [0.3, 0.4) is 0 Å². The minimum Gasteiger partial charge on any atom is -0.486 e. The Morgan fingerprint density at radius 2 is 1.80 bits per heavy atom. The maximum atomic E-state index is 13.5. The molecule has 0 aliphatic rings. The topological polar surface area (TPSA) is 29.5 Å². The molecule has 0 fully saturated rings. The monoisotopic (exact) mass is 270 g/mol. The molecule has 0 amide bonds. The van der Waals surface area contributed by atoms with Gasteiger partial charge in [0.05, 0.1) is 6.61 Å². The molecule has 102 valence electrons. The van der Waals surface area contributed by atoms with Crippen molar-refractivity contribution in [3.05, 3.63) is 65.5 Å². The quantitative estimate of drug-likeness (QED) is 0.865. The minimum atomic E-state index is -0.378. The molecule has 2 nitrogen and oxygen atoms in total. The minimum absolute atomic E-state index is 0.0426. The van der Waals surface area contributed by atoms with E-state index >= 15 is 0 Å². The van der Waals surface area contributed by atoms with Gasteiger partial charge in [0.15, 0.2) is 11.6 Å². The molecule has 0 saturated heterocycles. The highest BCUT2D eigenvalue weighted by atomic mass is 19.1. The Hall–Kier alpha value is -2.31. The standard InChI is InChI=1S/C17H15FO2/c18-16-10-3-4-11-17(16)20-13-15-9-2-1-7-14(15)8-5-6-12-19/h1-4,7,9-11,19H,6,12-13H2. The predicted molar refractivity (Wildman–Crippen MR) is 75.8 cm³/mol. The average Bonchev–Trinajstić information content (AvgIpc) is 2.48. The Bertz CT molecular complexity index is 626. The number of benzene rings is 2. The summed E-state index contributed by atoms with van der Waals surface area (Å²) in [7, 11) is 0. The SMILES string of the molecule is OCCC#Cc1ccccc1COc1ccccc1F. The first-order chi connectivity index (χ1) is 9.81. The van der Waals surface area contributed by atoms with E-state index in [9.17, 15) is 4.39 Å². The summed E-state index contributed by atoms with van der Waals surface area (Å²) >= 11 is 0. The average molecular weight is 270 g/mol. The number of aliphatic hydroxyl groups is 1. The van der Waals surface area contributed by atoms with Gasteiger partial charge in [0, 0.05) is 17.5 Å². The number of para-hydroxylation sites is 1. The summed E-state index contributed by atoms with van der Waals surface area (Å²) in [6.07, 6.45) is 0.433. The van der Waals surface area contributed by atoms with Crippen LogP contribution in [0, 0.1) is 17.7 Å². The molecule has 20 heavy (non-hydrogen) atoms. The Balaban J connectivity index is 2.10. The van der Waals surface area contributed by atoms with E-state index in [1.807, 2.05) is 24.3 Å². The van der Waals surface area contributed by atoms with Gasteiger partial charge in [0.2, 0.25) is 0 Å². The molecule has 0 aromatic heterocycles. The van der Waals surface area contributed by atoms with Crippen LogP contribution in [0.25, 0.3) is 0 Å². The van der Waals surface area contributed by atoms with E-state index in [-0.39, 0.29) is 24.8 Å². The molecule has 0 saturated carbocycles. The van der Waals surface area contributed by atoms with Crippen LogP contribution in [0.5, 0.6) is 5.75 Å². The molecule has 0 atom stereocenters. The van der Waals surface area contributed by atoms with Crippen molar-refractivity contribution in [1.29, 1.82) is 0 Å². The molecule has 3 heteroatoms. The predicted octanol–water partition coefficient (Wildman–Crippen LogP) is 3.14. The van der Waals surface area contributed by atoms with Gasteiger partial charge in [-0.25, -0.2) is 4.39 Å². The summed E-state index contributed by atoms with van der Waals surface area (Å²) < 4.78 is 18.9. The molecule has 2 rings (SSSR count). The Morgan fingerprint density at radius 3 is 2.60 bits per heavy atom. The number of hydrogen-bond donors (Lipinski definition) is 1. The van der Waals surface area contributed by atoms with Gasteiger partial charge in [0.25, 0.3) is 0 Å². The second-order valence-corrected chi connectivity index (χ2v) is 4.15. The van der Waals surface area contributed by atoms with Crippen LogP contribution in [-0.4, -0.2) is 11.7 Å². The molecule has 0 spiro atoms. The number of ether oxygens (including phenoxy) is 1. The Labute approximate surface area is 117 Å². The van der Waals surface area contributed by atoms with Gasteiger partial charge in [-0.05, 0) is 18.2 Å². The van der Waals surface area contributed by atoms with E-state index in [2.05, 4.69) is 11.8 Å². The molecule has 2 aromatic rings. The first-order valence-corrected chi connectivity index (χ1v) is 6.36. The van der Waals surface area contributed by atoms with E-state index in [0.29, 0.717) is 6.42 Å².